The van der Waals surface area contributed by atoms with Crippen LogP contribution in [-0.4, -0.2) is 45.2 Å². The Balaban J connectivity index is 1.51. The first-order valence-electron chi connectivity index (χ1n) is 10.7. The largest absolute Gasteiger partial charge is 0.493 e. The van der Waals surface area contributed by atoms with Gasteiger partial charge >= 0.3 is 0 Å². The molecule has 2 amide bonds. The molecule has 0 saturated heterocycles. The van der Waals surface area contributed by atoms with Gasteiger partial charge in [0.25, 0.3) is 11.8 Å². The van der Waals surface area contributed by atoms with E-state index < -0.39 is 6.10 Å². The fourth-order valence-corrected chi connectivity index (χ4v) is 3.78. The Kier molecular flexibility index (Phi) is 6.78. The normalized spacial score (nSPS) is 14.6. The Morgan fingerprint density at radius 2 is 1.70 bits per heavy atom. The summed E-state index contributed by atoms with van der Waals surface area (Å²) in [5, 5.41) is 2.93. The Labute approximate surface area is 192 Å². The molecular weight excluding hydrogens is 420 g/mol. The van der Waals surface area contributed by atoms with Gasteiger partial charge in [0, 0.05) is 12.1 Å². The summed E-state index contributed by atoms with van der Waals surface area (Å²) in [4.78, 5) is 27.9. The van der Waals surface area contributed by atoms with Crippen molar-refractivity contribution in [1.29, 1.82) is 0 Å². The minimum absolute atomic E-state index is 0.0986. The predicted molar refractivity (Wildman–Crippen MR) is 125 cm³/mol. The number of anilines is 1. The van der Waals surface area contributed by atoms with Gasteiger partial charge in [0.05, 0.1) is 26.5 Å². The molecule has 170 valence electrons. The SMILES string of the molecule is COc1ccc(C(=O)N2C[C@H](C(=O)NCCc3ccccc3)Oc3ccccc32)cc1OC. The van der Waals surface area contributed by atoms with E-state index in [2.05, 4.69) is 5.32 Å². The van der Waals surface area contributed by atoms with E-state index in [4.69, 9.17) is 14.2 Å². The summed E-state index contributed by atoms with van der Waals surface area (Å²) in [6.45, 7) is 0.579. The number of rotatable bonds is 7. The predicted octanol–water partition coefficient (Wildman–Crippen LogP) is 3.47. The van der Waals surface area contributed by atoms with Crippen LogP contribution in [0.4, 0.5) is 5.69 Å². The molecule has 1 heterocycles. The maximum absolute atomic E-state index is 13.4. The molecule has 4 rings (SSSR count). The number of ether oxygens (including phenoxy) is 3. The number of amides is 2. The highest BCUT2D eigenvalue weighted by Crippen LogP contribution is 2.35. The van der Waals surface area contributed by atoms with Crippen LogP contribution in [0.3, 0.4) is 0 Å². The van der Waals surface area contributed by atoms with Gasteiger partial charge in [-0.15, -0.1) is 0 Å². The van der Waals surface area contributed by atoms with Gasteiger partial charge in [0.1, 0.15) is 5.75 Å². The third-order valence-corrected chi connectivity index (χ3v) is 5.50. The van der Waals surface area contributed by atoms with Crippen molar-refractivity contribution in [2.45, 2.75) is 12.5 Å². The van der Waals surface area contributed by atoms with E-state index in [0.29, 0.717) is 41.5 Å². The van der Waals surface area contributed by atoms with E-state index >= 15 is 0 Å². The number of nitrogens with zero attached hydrogens (tertiary/aromatic N) is 1. The maximum Gasteiger partial charge on any atom is 0.262 e. The van der Waals surface area contributed by atoms with Crippen molar-refractivity contribution in [3.63, 3.8) is 0 Å². The Hall–Kier alpha value is -4.00. The van der Waals surface area contributed by atoms with Gasteiger partial charge < -0.3 is 24.4 Å². The summed E-state index contributed by atoms with van der Waals surface area (Å²) in [6, 6.07) is 22.1. The second-order valence-electron chi connectivity index (χ2n) is 7.59. The molecule has 0 saturated carbocycles. The van der Waals surface area contributed by atoms with E-state index in [1.807, 2.05) is 42.5 Å². The number of carbonyl (C=O) groups is 2. The molecule has 3 aromatic carbocycles. The van der Waals surface area contributed by atoms with Gasteiger partial charge in [-0.05, 0) is 42.3 Å². The fraction of sp³-hybridized carbons (Fsp3) is 0.231. The van der Waals surface area contributed by atoms with Crippen LogP contribution in [0.2, 0.25) is 0 Å². The van der Waals surface area contributed by atoms with E-state index in [0.717, 1.165) is 5.56 Å². The molecule has 1 atom stereocenters. The molecule has 0 spiro atoms. The molecule has 0 radical (unpaired) electrons. The van der Waals surface area contributed by atoms with Gasteiger partial charge in [0.15, 0.2) is 17.6 Å². The topological polar surface area (TPSA) is 77.1 Å². The Morgan fingerprint density at radius 1 is 0.970 bits per heavy atom. The second kappa shape index (κ2) is 10.1. The molecule has 0 fully saturated rings. The number of hydrogen-bond donors (Lipinski definition) is 1. The summed E-state index contributed by atoms with van der Waals surface area (Å²) < 4.78 is 16.6. The zero-order valence-corrected chi connectivity index (χ0v) is 18.6. The van der Waals surface area contributed by atoms with Crippen LogP contribution < -0.4 is 24.4 Å². The number of fused-ring (bicyclic) bond motifs is 1. The van der Waals surface area contributed by atoms with Crippen molar-refractivity contribution in [3.05, 3.63) is 83.9 Å². The molecule has 0 bridgehead atoms. The van der Waals surface area contributed by atoms with Crippen LogP contribution in [0.1, 0.15) is 15.9 Å². The van der Waals surface area contributed by atoms with E-state index in [9.17, 15) is 9.59 Å². The number of carbonyl (C=O) groups excluding carboxylic acids is 2. The zero-order chi connectivity index (χ0) is 23.2. The van der Waals surface area contributed by atoms with Crippen LogP contribution >= 0.6 is 0 Å². The van der Waals surface area contributed by atoms with Crippen LogP contribution in [0.5, 0.6) is 17.2 Å². The highest BCUT2D eigenvalue weighted by molar-refractivity contribution is 6.08. The van der Waals surface area contributed by atoms with Crippen molar-refractivity contribution in [1.82, 2.24) is 5.32 Å². The number of hydrogen-bond acceptors (Lipinski definition) is 5. The molecule has 3 aromatic rings. The van der Waals surface area contributed by atoms with E-state index in [1.165, 1.54) is 7.11 Å². The summed E-state index contributed by atoms with van der Waals surface area (Å²) in [6.07, 6.45) is -0.107. The number of methoxy groups -OCH3 is 2. The Bertz CT molecular complexity index is 1130. The first-order chi connectivity index (χ1) is 16.1. The lowest BCUT2D eigenvalue weighted by Crippen LogP contribution is -2.51. The Morgan fingerprint density at radius 3 is 2.45 bits per heavy atom. The molecular formula is C26H26N2O5. The van der Waals surface area contributed by atoms with Gasteiger partial charge in [-0.1, -0.05) is 42.5 Å². The van der Waals surface area contributed by atoms with Crippen LogP contribution in [0.25, 0.3) is 0 Å². The first-order valence-corrected chi connectivity index (χ1v) is 10.7. The quantitative estimate of drug-likeness (QED) is 0.601. The summed E-state index contributed by atoms with van der Waals surface area (Å²) >= 11 is 0. The lowest BCUT2D eigenvalue weighted by molar-refractivity contribution is -0.127. The molecule has 7 heteroatoms. The van der Waals surface area contributed by atoms with Crippen molar-refractivity contribution < 1.29 is 23.8 Å². The van der Waals surface area contributed by atoms with Crippen molar-refractivity contribution in [3.8, 4) is 17.2 Å². The minimum atomic E-state index is -0.820. The van der Waals surface area contributed by atoms with Crippen LogP contribution in [0.15, 0.2) is 72.8 Å². The van der Waals surface area contributed by atoms with Crippen LogP contribution in [-0.2, 0) is 11.2 Å². The van der Waals surface area contributed by atoms with Crippen molar-refractivity contribution in [2.75, 3.05) is 32.2 Å². The average molecular weight is 447 g/mol. The summed E-state index contributed by atoms with van der Waals surface area (Å²) in [5.41, 5.74) is 2.18. The van der Waals surface area contributed by atoms with Crippen molar-refractivity contribution >= 4 is 17.5 Å². The number of para-hydroxylation sites is 2. The lowest BCUT2D eigenvalue weighted by atomic mass is 10.1. The minimum Gasteiger partial charge on any atom is -0.493 e. The molecule has 0 unspecified atom stereocenters. The maximum atomic E-state index is 13.4. The molecule has 33 heavy (non-hydrogen) atoms. The first kappa shape index (κ1) is 22.2. The third-order valence-electron chi connectivity index (χ3n) is 5.50. The zero-order valence-electron chi connectivity index (χ0n) is 18.6. The molecule has 0 aromatic heterocycles. The van der Waals surface area contributed by atoms with Gasteiger partial charge in [-0.3, -0.25) is 9.59 Å². The number of benzene rings is 3. The van der Waals surface area contributed by atoms with Gasteiger partial charge in [0.2, 0.25) is 0 Å². The van der Waals surface area contributed by atoms with Gasteiger partial charge in [-0.25, -0.2) is 0 Å². The van der Waals surface area contributed by atoms with Crippen LogP contribution in [0, 0.1) is 0 Å². The number of nitrogens with one attached hydrogen (secondary N) is 1. The van der Waals surface area contributed by atoms with E-state index in [1.54, 1.807) is 42.3 Å². The highest BCUT2D eigenvalue weighted by atomic mass is 16.5. The molecule has 0 aliphatic carbocycles. The molecule has 1 aliphatic rings. The fourth-order valence-electron chi connectivity index (χ4n) is 3.78. The van der Waals surface area contributed by atoms with Gasteiger partial charge in [-0.2, -0.15) is 0 Å². The van der Waals surface area contributed by atoms with E-state index in [-0.39, 0.29) is 18.4 Å². The summed E-state index contributed by atoms with van der Waals surface area (Å²) in [5.74, 6) is 0.965. The third kappa shape index (κ3) is 4.92. The summed E-state index contributed by atoms with van der Waals surface area (Å²) in [7, 11) is 3.06. The monoisotopic (exact) mass is 446 g/mol. The molecule has 7 nitrogen and oxygen atoms in total. The molecule has 1 N–H and O–H groups in total. The molecule has 1 aliphatic heterocycles. The standard InChI is InChI=1S/C26H26N2O5/c1-31-22-13-12-19(16-23(22)32-2)26(30)28-17-24(33-21-11-7-6-10-20(21)28)25(29)27-15-14-18-8-4-3-5-9-18/h3-13,16,24H,14-15,17H2,1-2H3,(H,27,29)/t24-/m1/s1. The van der Waals surface area contributed by atoms with Crippen molar-refractivity contribution in [2.24, 2.45) is 0 Å². The average Bonchev–Trinajstić information content (AvgIpc) is 2.87. The second-order valence-corrected chi connectivity index (χ2v) is 7.59. The lowest BCUT2D eigenvalue weighted by Gasteiger charge is -2.34. The highest BCUT2D eigenvalue weighted by Gasteiger charge is 2.34. The smallest absolute Gasteiger partial charge is 0.262 e.